The molecule has 17 heavy (non-hydrogen) atoms. The van der Waals surface area contributed by atoms with E-state index in [1.165, 1.54) is 31.6 Å². The maximum atomic E-state index is 4.54. The van der Waals surface area contributed by atoms with Gasteiger partial charge in [-0.05, 0) is 44.9 Å². The Kier molecular flexibility index (Phi) is 4.00. The van der Waals surface area contributed by atoms with E-state index in [1.54, 1.807) is 0 Å². The second-order valence-corrected chi connectivity index (χ2v) is 5.12. The van der Waals surface area contributed by atoms with Crippen molar-refractivity contribution in [3.63, 3.8) is 0 Å². The van der Waals surface area contributed by atoms with Gasteiger partial charge in [-0.3, -0.25) is 4.98 Å². The Bertz CT molecular complexity index is 339. The Hall–Kier alpha value is -1.09. The Morgan fingerprint density at radius 3 is 2.59 bits per heavy atom. The molecule has 0 aliphatic carbocycles. The zero-order valence-corrected chi connectivity index (χ0v) is 11.1. The molecule has 0 radical (unpaired) electrons. The number of pyridine rings is 1. The van der Waals surface area contributed by atoms with Crippen LogP contribution in [0.5, 0.6) is 0 Å². The molecule has 1 saturated heterocycles. The number of aromatic nitrogens is 1. The van der Waals surface area contributed by atoms with Crippen LogP contribution in [0.25, 0.3) is 0 Å². The van der Waals surface area contributed by atoms with Gasteiger partial charge in [0.15, 0.2) is 0 Å². The van der Waals surface area contributed by atoms with E-state index in [4.69, 9.17) is 0 Å². The standard InChI is InChI=1S/C14H23N3/c1-11-6-8-17(9-7-11)13-4-5-14(16-10-13)12(2)15-3/h4-5,10-12,15H,6-9H2,1-3H3. The van der Waals surface area contributed by atoms with Crippen molar-refractivity contribution in [1.29, 1.82) is 0 Å². The van der Waals surface area contributed by atoms with Gasteiger partial charge in [-0.15, -0.1) is 0 Å². The summed E-state index contributed by atoms with van der Waals surface area (Å²) in [6.45, 7) is 6.81. The first-order chi connectivity index (χ1) is 8.20. The summed E-state index contributed by atoms with van der Waals surface area (Å²) in [5.74, 6) is 0.878. The minimum atomic E-state index is 0.324. The first kappa shape index (κ1) is 12.4. The molecule has 3 nitrogen and oxygen atoms in total. The fraction of sp³-hybridized carbons (Fsp3) is 0.643. The minimum Gasteiger partial charge on any atom is -0.370 e. The molecule has 0 amide bonds. The van der Waals surface area contributed by atoms with Gasteiger partial charge in [-0.25, -0.2) is 0 Å². The van der Waals surface area contributed by atoms with Crippen LogP contribution in [0.4, 0.5) is 5.69 Å². The number of rotatable bonds is 3. The van der Waals surface area contributed by atoms with Crippen LogP contribution < -0.4 is 10.2 Å². The molecule has 1 fully saturated rings. The van der Waals surface area contributed by atoms with Gasteiger partial charge in [0.1, 0.15) is 0 Å². The number of piperidine rings is 1. The van der Waals surface area contributed by atoms with Crippen molar-refractivity contribution in [3.8, 4) is 0 Å². The van der Waals surface area contributed by atoms with Crippen molar-refractivity contribution in [3.05, 3.63) is 24.0 Å². The first-order valence-electron chi connectivity index (χ1n) is 6.59. The van der Waals surface area contributed by atoms with E-state index in [0.717, 1.165) is 11.6 Å². The van der Waals surface area contributed by atoms with E-state index in [-0.39, 0.29) is 0 Å². The molecular formula is C14H23N3. The third-order valence-electron chi connectivity index (χ3n) is 3.80. The van der Waals surface area contributed by atoms with Crippen LogP contribution >= 0.6 is 0 Å². The average Bonchev–Trinajstić information content (AvgIpc) is 2.39. The second-order valence-electron chi connectivity index (χ2n) is 5.12. The molecule has 1 unspecified atom stereocenters. The quantitative estimate of drug-likeness (QED) is 0.870. The molecule has 2 heterocycles. The van der Waals surface area contributed by atoms with Gasteiger partial charge in [0.2, 0.25) is 0 Å². The molecule has 2 rings (SSSR count). The number of nitrogens with one attached hydrogen (secondary N) is 1. The summed E-state index contributed by atoms with van der Waals surface area (Å²) in [4.78, 5) is 6.98. The summed E-state index contributed by atoms with van der Waals surface area (Å²) in [5.41, 5.74) is 2.38. The zero-order chi connectivity index (χ0) is 12.3. The van der Waals surface area contributed by atoms with Crippen LogP contribution in [0.1, 0.15) is 38.4 Å². The van der Waals surface area contributed by atoms with Gasteiger partial charge in [0.25, 0.3) is 0 Å². The lowest BCUT2D eigenvalue weighted by Crippen LogP contribution is -2.32. The van der Waals surface area contributed by atoms with Crippen LogP contribution in [0.3, 0.4) is 0 Å². The van der Waals surface area contributed by atoms with Crippen molar-refractivity contribution in [2.45, 2.75) is 32.7 Å². The zero-order valence-electron chi connectivity index (χ0n) is 11.1. The molecule has 0 spiro atoms. The Morgan fingerprint density at radius 2 is 2.06 bits per heavy atom. The molecule has 94 valence electrons. The number of hydrogen-bond donors (Lipinski definition) is 1. The van der Waals surface area contributed by atoms with Crippen LogP contribution in [0.15, 0.2) is 18.3 Å². The summed E-state index contributed by atoms with van der Waals surface area (Å²) in [7, 11) is 1.96. The monoisotopic (exact) mass is 233 g/mol. The van der Waals surface area contributed by atoms with Crippen molar-refractivity contribution < 1.29 is 0 Å². The van der Waals surface area contributed by atoms with E-state index in [9.17, 15) is 0 Å². The number of nitrogens with zero attached hydrogens (tertiary/aromatic N) is 2. The molecule has 0 saturated carbocycles. The van der Waals surface area contributed by atoms with Crippen molar-refractivity contribution in [2.75, 3.05) is 25.0 Å². The van der Waals surface area contributed by atoms with Gasteiger partial charge in [0, 0.05) is 19.1 Å². The highest BCUT2D eigenvalue weighted by Crippen LogP contribution is 2.23. The van der Waals surface area contributed by atoms with Gasteiger partial charge in [-0.2, -0.15) is 0 Å². The minimum absolute atomic E-state index is 0.324. The SMILES string of the molecule is CNC(C)c1ccc(N2CCC(C)CC2)cn1. The smallest absolute Gasteiger partial charge is 0.0571 e. The third kappa shape index (κ3) is 2.97. The summed E-state index contributed by atoms with van der Waals surface area (Å²) < 4.78 is 0. The summed E-state index contributed by atoms with van der Waals surface area (Å²) in [6, 6.07) is 4.66. The predicted molar refractivity (Wildman–Crippen MR) is 72.3 cm³/mol. The lowest BCUT2D eigenvalue weighted by atomic mass is 9.99. The molecule has 3 heteroatoms. The summed E-state index contributed by atoms with van der Waals surface area (Å²) in [5, 5.41) is 3.21. The van der Waals surface area contributed by atoms with Gasteiger partial charge in [0.05, 0.1) is 17.6 Å². The topological polar surface area (TPSA) is 28.2 Å². The fourth-order valence-electron chi connectivity index (χ4n) is 2.26. The van der Waals surface area contributed by atoms with Crippen LogP contribution in [-0.4, -0.2) is 25.1 Å². The van der Waals surface area contributed by atoms with E-state index in [2.05, 4.69) is 41.2 Å². The maximum absolute atomic E-state index is 4.54. The maximum Gasteiger partial charge on any atom is 0.0571 e. The predicted octanol–water partition coefficient (Wildman–Crippen LogP) is 2.60. The van der Waals surface area contributed by atoms with Crippen molar-refractivity contribution >= 4 is 5.69 Å². The molecule has 1 aliphatic heterocycles. The van der Waals surface area contributed by atoms with Gasteiger partial charge >= 0.3 is 0 Å². The Balaban J connectivity index is 2.02. The molecule has 0 aromatic carbocycles. The number of hydrogen-bond acceptors (Lipinski definition) is 3. The van der Waals surface area contributed by atoms with Gasteiger partial charge in [-0.1, -0.05) is 6.92 Å². The Morgan fingerprint density at radius 1 is 1.35 bits per heavy atom. The highest BCUT2D eigenvalue weighted by atomic mass is 15.1. The van der Waals surface area contributed by atoms with Crippen LogP contribution in [-0.2, 0) is 0 Å². The molecule has 1 aromatic rings. The molecular weight excluding hydrogens is 210 g/mol. The lowest BCUT2D eigenvalue weighted by Gasteiger charge is -2.32. The molecule has 0 bridgehead atoms. The number of anilines is 1. The Labute approximate surface area is 104 Å². The highest BCUT2D eigenvalue weighted by Gasteiger charge is 2.16. The van der Waals surface area contributed by atoms with Crippen molar-refractivity contribution in [1.82, 2.24) is 10.3 Å². The lowest BCUT2D eigenvalue weighted by molar-refractivity contribution is 0.438. The molecule has 1 aliphatic rings. The molecule has 1 N–H and O–H groups in total. The fourth-order valence-corrected chi connectivity index (χ4v) is 2.26. The largest absolute Gasteiger partial charge is 0.370 e. The van der Waals surface area contributed by atoms with Gasteiger partial charge < -0.3 is 10.2 Å². The van der Waals surface area contributed by atoms with Crippen molar-refractivity contribution in [2.24, 2.45) is 5.92 Å². The molecule has 1 aromatic heterocycles. The van der Waals surface area contributed by atoms with E-state index >= 15 is 0 Å². The van der Waals surface area contributed by atoms with E-state index < -0.39 is 0 Å². The summed E-state index contributed by atoms with van der Waals surface area (Å²) in [6.07, 6.45) is 4.61. The average molecular weight is 233 g/mol. The first-order valence-corrected chi connectivity index (χ1v) is 6.59. The summed E-state index contributed by atoms with van der Waals surface area (Å²) >= 11 is 0. The van der Waals surface area contributed by atoms with Crippen LogP contribution in [0.2, 0.25) is 0 Å². The molecule has 1 atom stereocenters. The normalized spacial score (nSPS) is 19.4. The highest BCUT2D eigenvalue weighted by molar-refractivity contribution is 5.45. The third-order valence-corrected chi connectivity index (χ3v) is 3.80. The van der Waals surface area contributed by atoms with Crippen LogP contribution in [0, 0.1) is 5.92 Å². The van der Waals surface area contributed by atoms with E-state index in [0.29, 0.717) is 6.04 Å². The second kappa shape index (κ2) is 5.50. The van der Waals surface area contributed by atoms with E-state index in [1.807, 2.05) is 13.2 Å².